The lowest BCUT2D eigenvalue weighted by atomic mass is 9.88. The van der Waals surface area contributed by atoms with Crippen LogP contribution in [0.1, 0.15) is 30.9 Å². The van der Waals surface area contributed by atoms with Gasteiger partial charge in [0, 0.05) is 18.8 Å². The molecule has 1 N–H and O–H groups in total. The van der Waals surface area contributed by atoms with E-state index >= 15 is 0 Å². The number of hydrogen-bond acceptors (Lipinski definition) is 2. The van der Waals surface area contributed by atoms with Crippen LogP contribution in [0.5, 0.6) is 0 Å². The van der Waals surface area contributed by atoms with Crippen LogP contribution < -0.4 is 0 Å². The molecule has 0 unspecified atom stereocenters. The molecule has 0 spiro atoms. The Labute approximate surface area is 136 Å². The molecule has 2 aromatic rings. The van der Waals surface area contributed by atoms with Crippen LogP contribution >= 0.6 is 0 Å². The summed E-state index contributed by atoms with van der Waals surface area (Å²) in [6.07, 6.45) is 3.34. The van der Waals surface area contributed by atoms with Gasteiger partial charge >= 0.3 is 0 Å². The molecule has 0 saturated carbocycles. The first kappa shape index (κ1) is 16.8. The summed E-state index contributed by atoms with van der Waals surface area (Å²) in [5.74, 6) is 0.0828. The van der Waals surface area contributed by atoms with Crippen molar-refractivity contribution in [3.8, 4) is 11.1 Å². The molecule has 23 heavy (non-hydrogen) atoms. The van der Waals surface area contributed by atoms with Crippen LogP contribution in [0.3, 0.4) is 0 Å². The zero-order chi connectivity index (χ0) is 16.8. The largest absolute Gasteiger partial charge is 0.308 e. The number of nitrogens with one attached hydrogen (secondary N) is 1. The van der Waals surface area contributed by atoms with E-state index in [4.69, 9.17) is 5.41 Å². The van der Waals surface area contributed by atoms with Crippen molar-refractivity contribution in [3.05, 3.63) is 71.2 Å². The summed E-state index contributed by atoms with van der Waals surface area (Å²) in [7, 11) is 0. The maximum atomic E-state index is 13.8. The fourth-order valence-electron chi connectivity index (χ4n) is 2.67. The minimum absolute atomic E-state index is 0.260. The van der Waals surface area contributed by atoms with Gasteiger partial charge in [0.2, 0.25) is 0 Å². The van der Waals surface area contributed by atoms with E-state index in [1.807, 2.05) is 18.2 Å². The third-order valence-corrected chi connectivity index (χ3v) is 3.78. The van der Waals surface area contributed by atoms with Crippen LogP contribution in [0, 0.1) is 11.2 Å². The molecule has 0 aromatic heterocycles. The molecule has 2 aromatic carbocycles. The van der Waals surface area contributed by atoms with Gasteiger partial charge in [-0.1, -0.05) is 44.2 Å². The Hall–Kier alpha value is -2.55. The molecule has 0 bridgehead atoms. The maximum absolute atomic E-state index is 13.8. The van der Waals surface area contributed by atoms with Crippen molar-refractivity contribution in [2.75, 3.05) is 0 Å². The molecule has 0 heterocycles. The van der Waals surface area contributed by atoms with Gasteiger partial charge < -0.3 is 5.41 Å². The quantitative estimate of drug-likeness (QED) is 0.694. The van der Waals surface area contributed by atoms with Crippen molar-refractivity contribution in [1.29, 1.82) is 5.41 Å². The summed E-state index contributed by atoms with van der Waals surface area (Å²) in [6.45, 7) is 7.69. The second-order valence-electron chi connectivity index (χ2n) is 5.75. The van der Waals surface area contributed by atoms with Crippen molar-refractivity contribution in [3.63, 3.8) is 0 Å². The van der Waals surface area contributed by atoms with Crippen LogP contribution in [-0.2, 0) is 6.42 Å². The van der Waals surface area contributed by atoms with Gasteiger partial charge in [0.15, 0.2) is 0 Å². The predicted octanol–water partition coefficient (Wildman–Crippen LogP) is 5.39. The van der Waals surface area contributed by atoms with Crippen LogP contribution in [0.15, 0.2) is 59.2 Å². The summed E-state index contributed by atoms with van der Waals surface area (Å²) in [5.41, 5.74) is 4.79. The highest BCUT2D eigenvalue weighted by Crippen LogP contribution is 2.32. The lowest BCUT2D eigenvalue weighted by molar-refractivity contribution is 0.627. The highest BCUT2D eigenvalue weighted by Gasteiger charge is 2.13. The lowest BCUT2D eigenvalue weighted by Crippen LogP contribution is -1.99. The smallest absolute Gasteiger partial charge is 0.123 e. The van der Waals surface area contributed by atoms with E-state index in [-0.39, 0.29) is 5.82 Å². The van der Waals surface area contributed by atoms with Crippen molar-refractivity contribution in [2.45, 2.75) is 26.2 Å². The summed E-state index contributed by atoms with van der Waals surface area (Å²) in [5, 5.41) is 7.49. The third-order valence-electron chi connectivity index (χ3n) is 3.78. The van der Waals surface area contributed by atoms with Gasteiger partial charge in [-0.25, -0.2) is 4.39 Å². The maximum Gasteiger partial charge on any atom is 0.123 e. The van der Waals surface area contributed by atoms with E-state index in [0.29, 0.717) is 12.3 Å². The van der Waals surface area contributed by atoms with E-state index in [0.717, 1.165) is 22.3 Å². The monoisotopic (exact) mass is 308 g/mol. The fraction of sp³-hybridized carbons (Fsp3) is 0.200. The van der Waals surface area contributed by atoms with Gasteiger partial charge in [0.05, 0.1) is 0 Å². The Kier molecular flexibility index (Phi) is 5.58. The molecule has 0 aliphatic heterocycles. The minimum Gasteiger partial charge on any atom is -0.308 e. The molecule has 2 rings (SSSR count). The van der Waals surface area contributed by atoms with Gasteiger partial charge in [-0.3, -0.25) is 4.99 Å². The SMILES string of the molecule is C=N/C=C(\C=N)Cc1ccc(F)cc1-c1ccccc1C(C)C. The number of allylic oxidation sites excluding steroid dienone is 1. The standard InChI is InChI=1S/C20H21FN2/c1-14(2)18-6-4-5-7-19(18)20-11-17(21)9-8-16(20)10-15(12-22)13-23-3/h4-9,11-14,22H,3,10H2,1-2H3/b15-13-,22-12?. The Morgan fingerprint density at radius 3 is 2.61 bits per heavy atom. The molecule has 0 amide bonds. The Bertz CT molecular complexity index is 745. The highest BCUT2D eigenvalue weighted by molar-refractivity contribution is 5.79. The number of rotatable bonds is 6. The molecule has 0 atom stereocenters. The second-order valence-corrected chi connectivity index (χ2v) is 5.75. The molecule has 2 nitrogen and oxygen atoms in total. The first-order valence-corrected chi connectivity index (χ1v) is 7.60. The molecule has 0 radical (unpaired) electrons. The Morgan fingerprint density at radius 1 is 1.22 bits per heavy atom. The molecule has 0 aliphatic carbocycles. The molecule has 0 saturated heterocycles. The number of halogens is 1. The van der Waals surface area contributed by atoms with Crippen LogP contribution in [0.2, 0.25) is 0 Å². The van der Waals surface area contributed by atoms with Crippen molar-refractivity contribution in [2.24, 2.45) is 4.99 Å². The van der Waals surface area contributed by atoms with Crippen molar-refractivity contribution >= 4 is 12.9 Å². The van der Waals surface area contributed by atoms with Crippen LogP contribution in [-0.4, -0.2) is 12.9 Å². The topological polar surface area (TPSA) is 36.2 Å². The number of aliphatic imine (C=N–C) groups is 1. The van der Waals surface area contributed by atoms with E-state index in [1.165, 1.54) is 17.8 Å². The molecule has 0 aliphatic rings. The molecule has 3 heteroatoms. The van der Waals surface area contributed by atoms with Gasteiger partial charge in [0.1, 0.15) is 5.82 Å². The van der Waals surface area contributed by atoms with Gasteiger partial charge in [-0.05, 0) is 52.6 Å². The summed E-state index contributed by atoms with van der Waals surface area (Å²) < 4.78 is 13.8. The van der Waals surface area contributed by atoms with Gasteiger partial charge in [-0.15, -0.1) is 0 Å². The minimum atomic E-state index is -0.260. The molecule has 0 fully saturated rings. The van der Waals surface area contributed by atoms with Gasteiger partial charge in [-0.2, -0.15) is 0 Å². The zero-order valence-electron chi connectivity index (χ0n) is 13.5. The average molecular weight is 308 g/mol. The Balaban J connectivity index is 2.59. The average Bonchev–Trinajstić information content (AvgIpc) is 2.55. The summed E-state index contributed by atoms with van der Waals surface area (Å²) in [6, 6.07) is 12.9. The van der Waals surface area contributed by atoms with E-state index in [1.54, 1.807) is 18.3 Å². The number of nitrogens with zero attached hydrogens (tertiary/aromatic N) is 1. The van der Waals surface area contributed by atoms with Crippen molar-refractivity contribution < 1.29 is 4.39 Å². The normalized spacial score (nSPS) is 11.6. The first-order valence-electron chi connectivity index (χ1n) is 7.60. The lowest BCUT2D eigenvalue weighted by Gasteiger charge is -2.16. The number of hydrogen-bond donors (Lipinski definition) is 1. The molecule has 118 valence electrons. The first-order chi connectivity index (χ1) is 11.1. The third kappa shape index (κ3) is 4.01. The summed E-state index contributed by atoms with van der Waals surface area (Å²) in [4.78, 5) is 3.73. The molecular weight excluding hydrogens is 287 g/mol. The zero-order valence-corrected chi connectivity index (χ0v) is 13.5. The highest BCUT2D eigenvalue weighted by atomic mass is 19.1. The summed E-state index contributed by atoms with van der Waals surface area (Å²) >= 11 is 0. The van der Waals surface area contributed by atoms with Crippen molar-refractivity contribution in [1.82, 2.24) is 0 Å². The van der Waals surface area contributed by atoms with Crippen LogP contribution in [0.25, 0.3) is 11.1 Å². The van der Waals surface area contributed by atoms with Gasteiger partial charge in [0.25, 0.3) is 0 Å². The van der Waals surface area contributed by atoms with E-state index in [9.17, 15) is 4.39 Å². The Morgan fingerprint density at radius 2 is 1.96 bits per heavy atom. The van der Waals surface area contributed by atoms with E-state index in [2.05, 4.69) is 31.6 Å². The molecular formula is C20H21FN2. The van der Waals surface area contributed by atoms with Crippen LogP contribution in [0.4, 0.5) is 4.39 Å². The second kappa shape index (κ2) is 7.63. The van der Waals surface area contributed by atoms with E-state index < -0.39 is 0 Å². The number of benzene rings is 2. The fourth-order valence-corrected chi connectivity index (χ4v) is 2.67. The predicted molar refractivity (Wildman–Crippen MR) is 96.0 cm³/mol.